The van der Waals surface area contributed by atoms with Crippen molar-refractivity contribution in [2.24, 2.45) is 0 Å². The number of hydrogen-bond acceptors (Lipinski definition) is 4. The molecule has 0 unspecified atom stereocenters. The zero-order valence-corrected chi connectivity index (χ0v) is 11.1. The summed E-state index contributed by atoms with van der Waals surface area (Å²) >= 11 is 1.82. The average Bonchev–Trinajstić information content (AvgIpc) is 2.84. The minimum atomic E-state index is 0.845. The van der Waals surface area contributed by atoms with E-state index in [1.165, 1.54) is 25.9 Å². The number of methoxy groups -OCH3 is 1. The van der Waals surface area contributed by atoms with Gasteiger partial charge in [-0.2, -0.15) is 0 Å². The minimum Gasteiger partial charge on any atom is -0.497 e. The normalized spacial score (nSPS) is 16.3. The van der Waals surface area contributed by atoms with E-state index in [0.29, 0.717) is 0 Å². The molecule has 1 saturated heterocycles. The van der Waals surface area contributed by atoms with Gasteiger partial charge in [-0.05, 0) is 44.1 Å². The molecule has 1 heterocycles. The van der Waals surface area contributed by atoms with Gasteiger partial charge < -0.3 is 15.4 Å². The van der Waals surface area contributed by atoms with E-state index in [0.717, 1.165) is 28.6 Å². The quantitative estimate of drug-likeness (QED) is 0.645. The molecule has 0 saturated carbocycles. The Bertz CT molecular complexity index is 364. The van der Waals surface area contributed by atoms with Crippen LogP contribution in [0.15, 0.2) is 23.1 Å². The Kier molecular flexibility index (Phi) is 4.57. The van der Waals surface area contributed by atoms with Crippen molar-refractivity contribution in [3.8, 4) is 5.75 Å². The lowest BCUT2D eigenvalue weighted by Crippen LogP contribution is -2.21. The second-order valence-corrected chi connectivity index (χ2v) is 5.44. The van der Waals surface area contributed by atoms with Gasteiger partial charge in [0.15, 0.2) is 0 Å². The van der Waals surface area contributed by atoms with Crippen LogP contribution in [0.5, 0.6) is 5.75 Å². The van der Waals surface area contributed by atoms with Crippen LogP contribution in [0.2, 0.25) is 0 Å². The minimum absolute atomic E-state index is 0.845. The molecule has 1 fully saturated rings. The highest BCUT2D eigenvalue weighted by Gasteiger charge is 2.11. The number of rotatable bonds is 5. The molecule has 1 aromatic carbocycles. The van der Waals surface area contributed by atoms with Crippen LogP contribution in [0.25, 0.3) is 0 Å². The van der Waals surface area contributed by atoms with Crippen molar-refractivity contribution in [1.29, 1.82) is 0 Å². The summed E-state index contributed by atoms with van der Waals surface area (Å²) < 4.78 is 5.21. The summed E-state index contributed by atoms with van der Waals surface area (Å²) in [5.74, 6) is 1.97. The van der Waals surface area contributed by atoms with Gasteiger partial charge in [0.1, 0.15) is 5.75 Å². The summed E-state index contributed by atoms with van der Waals surface area (Å²) in [5, 5.41) is 0. The molecule has 1 aliphatic heterocycles. The Morgan fingerprint density at radius 3 is 2.82 bits per heavy atom. The van der Waals surface area contributed by atoms with Crippen LogP contribution in [0.1, 0.15) is 12.8 Å². The third kappa shape index (κ3) is 3.54. The summed E-state index contributed by atoms with van der Waals surface area (Å²) in [4.78, 5) is 3.65. The van der Waals surface area contributed by atoms with Gasteiger partial charge in [-0.25, -0.2) is 0 Å². The lowest BCUT2D eigenvalue weighted by molar-refractivity contribution is 0.362. The van der Waals surface area contributed by atoms with Crippen molar-refractivity contribution in [3.63, 3.8) is 0 Å². The Balaban J connectivity index is 1.84. The van der Waals surface area contributed by atoms with Gasteiger partial charge in [-0.15, -0.1) is 11.8 Å². The molecule has 1 aliphatic rings. The highest BCUT2D eigenvalue weighted by Crippen LogP contribution is 2.29. The summed E-state index contributed by atoms with van der Waals surface area (Å²) in [6, 6.07) is 5.83. The fourth-order valence-corrected chi connectivity index (χ4v) is 3.06. The van der Waals surface area contributed by atoms with E-state index in [1.807, 2.05) is 30.0 Å². The fourth-order valence-electron chi connectivity index (χ4n) is 2.06. The van der Waals surface area contributed by atoms with Crippen LogP contribution in [0, 0.1) is 0 Å². The summed E-state index contributed by atoms with van der Waals surface area (Å²) in [6.45, 7) is 3.67. The van der Waals surface area contributed by atoms with E-state index in [-0.39, 0.29) is 0 Å². The molecule has 1 aromatic rings. The van der Waals surface area contributed by atoms with Crippen molar-refractivity contribution in [3.05, 3.63) is 18.2 Å². The van der Waals surface area contributed by atoms with Crippen molar-refractivity contribution in [2.75, 3.05) is 38.2 Å². The molecule has 2 rings (SSSR count). The van der Waals surface area contributed by atoms with Gasteiger partial charge in [-0.1, -0.05) is 0 Å². The topological polar surface area (TPSA) is 38.5 Å². The molecule has 2 N–H and O–H groups in total. The summed E-state index contributed by atoms with van der Waals surface area (Å²) in [6.07, 6.45) is 2.71. The molecular formula is C13H20N2OS. The Morgan fingerprint density at radius 2 is 2.12 bits per heavy atom. The highest BCUT2D eigenvalue weighted by molar-refractivity contribution is 7.99. The van der Waals surface area contributed by atoms with Crippen LogP contribution in [0.4, 0.5) is 5.69 Å². The van der Waals surface area contributed by atoms with Crippen molar-refractivity contribution >= 4 is 17.4 Å². The predicted molar refractivity (Wildman–Crippen MR) is 73.8 cm³/mol. The number of benzene rings is 1. The second kappa shape index (κ2) is 6.17. The van der Waals surface area contributed by atoms with Gasteiger partial charge in [0, 0.05) is 22.9 Å². The number of hydrogen-bond donors (Lipinski definition) is 1. The zero-order chi connectivity index (χ0) is 12.1. The van der Waals surface area contributed by atoms with E-state index in [9.17, 15) is 0 Å². The second-order valence-electron chi connectivity index (χ2n) is 4.30. The molecule has 0 aliphatic carbocycles. The average molecular weight is 252 g/mol. The SMILES string of the molecule is COc1ccc(N)c(SCCN2CCCC2)c1. The molecular weight excluding hydrogens is 232 g/mol. The van der Waals surface area contributed by atoms with Crippen LogP contribution in [-0.4, -0.2) is 37.4 Å². The van der Waals surface area contributed by atoms with Gasteiger partial charge in [0.25, 0.3) is 0 Å². The Hall–Kier alpha value is -0.870. The van der Waals surface area contributed by atoms with E-state index < -0.39 is 0 Å². The molecule has 4 heteroatoms. The zero-order valence-electron chi connectivity index (χ0n) is 10.3. The lowest BCUT2D eigenvalue weighted by atomic mass is 10.3. The maximum absolute atomic E-state index is 5.95. The molecule has 17 heavy (non-hydrogen) atoms. The van der Waals surface area contributed by atoms with E-state index in [4.69, 9.17) is 10.5 Å². The first kappa shape index (κ1) is 12.6. The lowest BCUT2D eigenvalue weighted by Gasteiger charge is -2.14. The number of nitrogens with two attached hydrogens (primary N) is 1. The third-order valence-corrected chi connectivity index (χ3v) is 4.14. The molecule has 0 spiro atoms. The number of anilines is 1. The van der Waals surface area contributed by atoms with E-state index in [2.05, 4.69) is 4.90 Å². The van der Waals surface area contributed by atoms with Crippen LogP contribution < -0.4 is 10.5 Å². The molecule has 0 radical (unpaired) electrons. The molecule has 0 aromatic heterocycles. The Morgan fingerprint density at radius 1 is 1.35 bits per heavy atom. The molecule has 3 nitrogen and oxygen atoms in total. The summed E-state index contributed by atoms with van der Waals surface area (Å²) in [5.41, 5.74) is 6.79. The van der Waals surface area contributed by atoms with Gasteiger partial charge in [0.05, 0.1) is 7.11 Å². The monoisotopic (exact) mass is 252 g/mol. The van der Waals surface area contributed by atoms with Crippen molar-refractivity contribution in [1.82, 2.24) is 4.90 Å². The van der Waals surface area contributed by atoms with Gasteiger partial charge in [-0.3, -0.25) is 0 Å². The van der Waals surface area contributed by atoms with Crippen molar-refractivity contribution in [2.45, 2.75) is 17.7 Å². The maximum atomic E-state index is 5.95. The fraction of sp³-hybridized carbons (Fsp3) is 0.538. The number of thioether (sulfide) groups is 1. The number of ether oxygens (including phenoxy) is 1. The molecule has 94 valence electrons. The molecule has 0 atom stereocenters. The number of nitrogen functional groups attached to an aromatic ring is 1. The third-order valence-electron chi connectivity index (χ3n) is 3.08. The molecule has 0 bridgehead atoms. The predicted octanol–water partition coefficient (Wildman–Crippen LogP) is 2.47. The van der Waals surface area contributed by atoms with Crippen LogP contribution in [-0.2, 0) is 0 Å². The maximum Gasteiger partial charge on any atom is 0.120 e. The Labute approximate surface area is 107 Å². The van der Waals surface area contributed by atoms with Gasteiger partial charge >= 0.3 is 0 Å². The largest absolute Gasteiger partial charge is 0.497 e. The molecule has 0 amide bonds. The first-order valence-electron chi connectivity index (χ1n) is 6.08. The van der Waals surface area contributed by atoms with Gasteiger partial charge in [0.2, 0.25) is 0 Å². The van der Waals surface area contributed by atoms with E-state index in [1.54, 1.807) is 7.11 Å². The van der Waals surface area contributed by atoms with Crippen LogP contribution >= 0.6 is 11.8 Å². The number of nitrogens with zero attached hydrogens (tertiary/aromatic N) is 1. The standard InChI is InChI=1S/C13H20N2OS/c1-16-11-4-5-12(14)13(10-11)17-9-8-15-6-2-3-7-15/h4-5,10H,2-3,6-9,14H2,1H3. The summed E-state index contributed by atoms with van der Waals surface area (Å²) in [7, 11) is 1.68. The number of likely N-dealkylation sites (tertiary alicyclic amines) is 1. The smallest absolute Gasteiger partial charge is 0.120 e. The first-order chi connectivity index (χ1) is 8.29. The van der Waals surface area contributed by atoms with Crippen LogP contribution in [0.3, 0.4) is 0 Å². The highest BCUT2D eigenvalue weighted by atomic mass is 32.2. The van der Waals surface area contributed by atoms with Crippen molar-refractivity contribution < 1.29 is 4.74 Å². The first-order valence-corrected chi connectivity index (χ1v) is 7.07. The van der Waals surface area contributed by atoms with E-state index >= 15 is 0 Å².